The van der Waals surface area contributed by atoms with Crippen molar-refractivity contribution in [3.05, 3.63) is 109 Å². The number of hydrogen-bond donors (Lipinski definition) is 0. The van der Waals surface area contributed by atoms with Crippen molar-refractivity contribution >= 4 is 23.9 Å². The standard InChI is InChI=1S/C35H32O8/c1-19(2)32(36)40-28-14-11-25(17-30(28)42-34(38)21(5)6)24-10-13-27(23(9)16-24)26-12-15-29(41-33(37)20(3)4)31(18-26)43-35(39)22(7)8/h10-18H,1,3,5,7H2,2,4,6,8-9H3. The monoisotopic (exact) mass is 580 g/mol. The molecule has 220 valence electrons. The Kier molecular flexibility index (Phi) is 10.0. The molecule has 8 heteroatoms. The number of carbonyl (C=O) groups is 4. The van der Waals surface area contributed by atoms with Crippen molar-refractivity contribution in [3.8, 4) is 45.3 Å². The van der Waals surface area contributed by atoms with Crippen LogP contribution in [-0.2, 0) is 19.2 Å². The summed E-state index contributed by atoms with van der Waals surface area (Å²) in [5, 5.41) is 0. The molecule has 0 atom stereocenters. The van der Waals surface area contributed by atoms with Gasteiger partial charge >= 0.3 is 23.9 Å². The van der Waals surface area contributed by atoms with Crippen LogP contribution in [0.1, 0.15) is 33.3 Å². The average molecular weight is 581 g/mol. The Balaban J connectivity index is 2.03. The summed E-state index contributed by atoms with van der Waals surface area (Å²) in [6, 6.07) is 15.4. The maximum Gasteiger partial charge on any atom is 0.338 e. The van der Waals surface area contributed by atoms with E-state index >= 15 is 0 Å². The van der Waals surface area contributed by atoms with Crippen LogP contribution in [-0.4, -0.2) is 23.9 Å². The molecule has 43 heavy (non-hydrogen) atoms. The molecule has 0 N–H and O–H groups in total. The minimum absolute atomic E-state index is 0.0469. The average Bonchev–Trinajstić information content (AvgIpc) is 2.94. The lowest BCUT2D eigenvalue weighted by Gasteiger charge is -2.15. The molecule has 3 aromatic rings. The molecule has 3 aromatic carbocycles. The fourth-order valence-electron chi connectivity index (χ4n) is 3.61. The first-order chi connectivity index (χ1) is 20.2. The minimum Gasteiger partial charge on any atom is -0.419 e. The molecule has 0 saturated heterocycles. The highest BCUT2D eigenvalue weighted by Gasteiger charge is 2.19. The van der Waals surface area contributed by atoms with Crippen LogP contribution < -0.4 is 18.9 Å². The molecular formula is C35H32O8. The van der Waals surface area contributed by atoms with E-state index in [1.807, 2.05) is 25.1 Å². The van der Waals surface area contributed by atoms with Crippen LogP contribution in [0.5, 0.6) is 23.0 Å². The smallest absolute Gasteiger partial charge is 0.338 e. The Morgan fingerprint density at radius 1 is 0.465 bits per heavy atom. The van der Waals surface area contributed by atoms with Gasteiger partial charge in [0.2, 0.25) is 0 Å². The predicted molar refractivity (Wildman–Crippen MR) is 164 cm³/mol. The van der Waals surface area contributed by atoms with Gasteiger partial charge in [0, 0.05) is 22.3 Å². The van der Waals surface area contributed by atoms with Gasteiger partial charge < -0.3 is 18.9 Å². The second-order valence-corrected chi connectivity index (χ2v) is 10.0. The fourth-order valence-corrected chi connectivity index (χ4v) is 3.61. The van der Waals surface area contributed by atoms with Crippen molar-refractivity contribution in [2.75, 3.05) is 0 Å². The Bertz CT molecular complexity index is 1710. The third-order valence-electron chi connectivity index (χ3n) is 5.96. The summed E-state index contributed by atoms with van der Waals surface area (Å²) in [6.45, 7) is 22.3. The molecule has 0 spiro atoms. The Morgan fingerprint density at radius 2 is 0.791 bits per heavy atom. The molecular weight excluding hydrogens is 548 g/mol. The molecule has 0 aliphatic carbocycles. The lowest BCUT2D eigenvalue weighted by molar-refractivity contribution is -0.132. The molecule has 0 bridgehead atoms. The number of benzene rings is 3. The number of ether oxygens (including phenoxy) is 4. The largest absolute Gasteiger partial charge is 0.419 e. The van der Waals surface area contributed by atoms with Gasteiger partial charge in [0.05, 0.1) is 0 Å². The molecule has 0 amide bonds. The van der Waals surface area contributed by atoms with Gasteiger partial charge in [-0.2, -0.15) is 0 Å². The van der Waals surface area contributed by atoms with Crippen molar-refractivity contribution in [2.24, 2.45) is 0 Å². The molecule has 0 fully saturated rings. The van der Waals surface area contributed by atoms with E-state index in [1.54, 1.807) is 24.3 Å². The maximum absolute atomic E-state index is 12.3. The quantitative estimate of drug-likeness (QED) is 0.140. The fraction of sp³-hybridized carbons (Fsp3) is 0.143. The first-order valence-electron chi connectivity index (χ1n) is 13.1. The third kappa shape index (κ3) is 8.04. The van der Waals surface area contributed by atoms with Crippen LogP contribution in [0.2, 0.25) is 0 Å². The highest BCUT2D eigenvalue weighted by molar-refractivity contribution is 5.93. The van der Waals surface area contributed by atoms with Crippen LogP contribution in [0.3, 0.4) is 0 Å². The maximum atomic E-state index is 12.3. The van der Waals surface area contributed by atoms with Gasteiger partial charge in [-0.25, -0.2) is 19.2 Å². The predicted octanol–water partition coefficient (Wildman–Crippen LogP) is 7.26. The number of esters is 4. The summed E-state index contributed by atoms with van der Waals surface area (Å²) >= 11 is 0. The van der Waals surface area contributed by atoms with Crippen LogP contribution >= 0.6 is 0 Å². The van der Waals surface area contributed by atoms with E-state index in [1.165, 1.54) is 39.8 Å². The normalized spacial score (nSPS) is 10.3. The lowest BCUT2D eigenvalue weighted by Crippen LogP contribution is -2.13. The van der Waals surface area contributed by atoms with Crippen LogP contribution in [0.25, 0.3) is 22.3 Å². The lowest BCUT2D eigenvalue weighted by atomic mass is 9.95. The van der Waals surface area contributed by atoms with Crippen molar-refractivity contribution < 1.29 is 38.1 Å². The Labute approximate surface area is 250 Å². The summed E-state index contributed by atoms with van der Waals surface area (Å²) in [7, 11) is 0. The molecule has 0 aliphatic heterocycles. The number of rotatable bonds is 10. The topological polar surface area (TPSA) is 105 Å². The van der Waals surface area contributed by atoms with Gasteiger partial charge in [-0.05, 0) is 86.7 Å². The summed E-state index contributed by atoms with van der Waals surface area (Å²) in [5.41, 5.74) is 4.57. The van der Waals surface area contributed by atoms with Crippen molar-refractivity contribution in [3.63, 3.8) is 0 Å². The first-order valence-corrected chi connectivity index (χ1v) is 13.1. The molecule has 0 aromatic heterocycles. The van der Waals surface area contributed by atoms with E-state index in [0.717, 1.165) is 16.7 Å². The molecule has 3 rings (SSSR count). The van der Waals surface area contributed by atoms with E-state index < -0.39 is 23.9 Å². The Hall–Kier alpha value is -5.50. The van der Waals surface area contributed by atoms with Gasteiger partial charge in [-0.3, -0.25) is 0 Å². The van der Waals surface area contributed by atoms with Crippen LogP contribution in [0.15, 0.2) is 103 Å². The van der Waals surface area contributed by atoms with E-state index in [9.17, 15) is 19.2 Å². The van der Waals surface area contributed by atoms with E-state index in [2.05, 4.69) is 26.3 Å². The molecule has 0 saturated carbocycles. The zero-order valence-electron chi connectivity index (χ0n) is 24.8. The van der Waals surface area contributed by atoms with Crippen molar-refractivity contribution in [1.82, 2.24) is 0 Å². The molecule has 0 heterocycles. The summed E-state index contributed by atoms with van der Waals surface area (Å²) in [6.07, 6.45) is 0. The highest BCUT2D eigenvalue weighted by atomic mass is 16.6. The second kappa shape index (κ2) is 13.4. The van der Waals surface area contributed by atoms with Crippen LogP contribution in [0.4, 0.5) is 0 Å². The Morgan fingerprint density at radius 3 is 1.19 bits per heavy atom. The molecule has 8 nitrogen and oxygen atoms in total. The van der Waals surface area contributed by atoms with E-state index in [-0.39, 0.29) is 45.3 Å². The first kappa shape index (κ1) is 32.0. The number of aryl methyl sites for hydroxylation is 1. The highest BCUT2D eigenvalue weighted by Crippen LogP contribution is 2.38. The summed E-state index contributed by atoms with van der Waals surface area (Å²) in [5.74, 6) is -2.44. The third-order valence-corrected chi connectivity index (χ3v) is 5.96. The summed E-state index contributed by atoms with van der Waals surface area (Å²) in [4.78, 5) is 48.9. The minimum atomic E-state index is -0.670. The van der Waals surface area contributed by atoms with Gasteiger partial charge in [-0.1, -0.05) is 56.6 Å². The SMILES string of the molecule is C=C(C)C(=O)Oc1ccc(-c2ccc(-c3ccc(OC(=O)C(=C)C)c(OC(=O)C(=C)C)c3)c(C)c2)cc1OC(=O)C(=C)C. The van der Waals surface area contributed by atoms with Gasteiger partial charge in [0.1, 0.15) is 0 Å². The van der Waals surface area contributed by atoms with E-state index in [0.29, 0.717) is 11.1 Å². The molecule has 0 radical (unpaired) electrons. The number of carbonyl (C=O) groups excluding carboxylic acids is 4. The van der Waals surface area contributed by atoms with Gasteiger partial charge in [-0.15, -0.1) is 0 Å². The van der Waals surface area contributed by atoms with Crippen molar-refractivity contribution in [2.45, 2.75) is 34.6 Å². The molecule has 0 unspecified atom stereocenters. The van der Waals surface area contributed by atoms with Crippen LogP contribution in [0, 0.1) is 6.92 Å². The molecule has 0 aliphatic rings. The summed E-state index contributed by atoms with van der Waals surface area (Å²) < 4.78 is 21.6. The van der Waals surface area contributed by atoms with Gasteiger partial charge in [0.25, 0.3) is 0 Å². The van der Waals surface area contributed by atoms with Crippen molar-refractivity contribution in [1.29, 1.82) is 0 Å². The zero-order chi connectivity index (χ0) is 32.0. The van der Waals surface area contributed by atoms with E-state index in [4.69, 9.17) is 18.9 Å². The van der Waals surface area contributed by atoms with Gasteiger partial charge in [0.15, 0.2) is 23.0 Å². The number of hydrogen-bond acceptors (Lipinski definition) is 8. The zero-order valence-corrected chi connectivity index (χ0v) is 24.8. The second-order valence-electron chi connectivity index (χ2n) is 10.0.